The second-order valence-corrected chi connectivity index (χ2v) is 3.82. The van der Waals surface area contributed by atoms with Gasteiger partial charge in [0.05, 0.1) is 5.02 Å². The van der Waals surface area contributed by atoms with E-state index in [0.717, 1.165) is 0 Å². The first-order chi connectivity index (χ1) is 8.15. The fourth-order valence-electron chi connectivity index (χ4n) is 1.55. The van der Waals surface area contributed by atoms with E-state index in [1.165, 1.54) is 0 Å². The van der Waals surface area contributed by atoms with E-state index in [4.69, 9.17) is 22.0 Å². The van der Waals surface area contributed by atoms with Crippen molar-refractivity contribution >= 4 is 17.5 Å². The molecule has 0 aliphatic heterocycles. The number of amides is 1. The van der Waals surface area contributed by atoms with Crippen LogP contribution in [0.5, 0.6) is 0 Å². The molecule has 0 aliphatic rings. The summed E-state index contributed by atoms with van der Waals surface area (Å²) in [6, 6.07) is 7.06. The molecule has 2 aromatic rings. The average molecular weight is 252 g/mol. The van der Waals surface area contributed by atoms with E-state index >= 15 is 0 Å². The molecule has 0 saturated heterocycles. The largest absolute Gasteiger partial charge is 0.360 e. The lowest BCUT2D eigenvalue weighted by Gasteiger charge is -2.02. The molecular formula is C11H10ClN3O2. The first-order valence-corrected chi connectivity index (χ1v) is 5.25. The van der Waals surface area contributed by atoms with Gasteiger partial charge in [0.15, 0.2) is 0 Å². The Labute approximate surface area is 103 Å². The quantitative estimate of drug-likeness (QED) is 0.485. The SMILES string of the molecule is Cc1onc(-c2ccccc2Cl)c1C(=O)NN. The zero-order chi connectivity index (χ0) is 12.4. The highest BCUT2D eigenvalue weighted by Crippen LogP contribution is 2.30. The van der Waals surface area contributed by atoms with Gasteiger partial charge in [-0.05, 0) is 13.0 Å². The molecule has 2 rings (SSSR count). The van der Waals surface area contributed by atoms with E-state index in [9.17, 15) is 4.79 Å². The monoisotopic (exact) mass is 251 g/mol. The number of hydrogen-bond acceptors (Lipinski definition) is 4. The van der Waals surface area contributed by atoms with E-state index in [1.807, 2.05) is 0 Å². The number of nitrogens with two attached hydrogens (primary N) is 1. The van der Waals surface area contributed by atoms with Crippen LogP contribution in [0.2, 0.25) is 5.02 Å². The molecule has 0 bridgehead atoms. The van der Waals surface area contributed by atoms with Gasteiger partial charge in [-0.3, -0.25) is 10.2 Å². The molecule has 3 N–H and O–H groups in total. The van der Waals surface area contributed by atoms with E-state index in [0.29, 0.717) is 27.6 Å². The molecule has 1 aromatic carbocycles. The lowest BCUT2D eigenvalue weighted by molar-refractivity contribution is 0.0952. The lowest BCUT2D eigenvalue weighted by atomic mass is 10.1. The Bertz CT molecular complexity index is 566. The van der Waals surface area contributed by atoms with Crippen molar-refractivity contribution in [3.8, 4) is 11.3 Å². The maximum absolute atomic E-state index is 11.6. The number of nitrogens with zero attached hydrogens (tertiary/aromatic N) is 1. The summed E-state index contributed by atoms with van der Waals surface area (Å²) in [4.78, 5) is 11.6. The van der Waals surface area contributed by atoms with Crippen molar-refractivity contribution in [2.75, 3.05) is 0 Å². The van der Waals surface area contributed by atoms with E-state index in [1.54, 1.807) is 31.2 Å². The number of aryl methyl sites for hydroxylation is 1. The van der Waals surface area contributed by atoms with Gasteiger partial charge in [-0.15, -0.1) is 0 Å². The number of benzene rings is 1. The average Bonchev–Trinajstić information content (AvgIpc) is 2.71. The van der Waals surface area contributed by atoms with Crippen molar-refractivity contribution in [2.24, 2.45) is 5.84 Å². The molecule has 1 amide bonds. The Morgan fingerprint density at radius 3 is 2.82 bits per heavy atom. The summed E-state index contributed by atoms with van der Waals surface area (Å²) < 4.78 is 5.00. The van der Waals surface area contributed by atoms with Crippen LogP contribution in [0.25, 0.3) is 11.3 Å². The van der Waals surface area contributed by atoms with Crippen LogP contribution < -0.4 is 11.3 Å². The first-order valence-electron chi connectivity index (χ1n) is 4.87. The summed E-state index contributed by atoms with van der Waals surface area (Å²) in [5.41, 5.74) is 3.36. The lowest BCUT2D eigenvalue weighted by Crippen LogP contribution is -2.30. The number of rotatable bonds is 2. The molecule has 0 fully saturated rings. The Balaban J connectivity index is 2.61. The van der Waals surface area contributed by atoms with Gasteiger partial charge >= 0.3 is 0 Å². The topological polar surface area (TPSA) is 81.2 Å². The van der Waals surface area contributed by atoms with Crippen molar-refractivity contribution in [1.29, 1.82) is 0 Å². The van der Waals surface area contributed by atoms with E-state index in [-0.39, 0.29) is 0 Å². The zero-order valence-corrected chi connectivity index (χ0v) is 9.78. The molecule has 0 unspecified atom stereocenters. The molecule has 17 heavy (non-hydrogen) atoms. The maximum atomic E-state index is 11.6. The van der Waals surface area contributed by atoms with Crippen LogP contribution in [-0.2, 0) is 0 Å². The van der Waals surface area contributed by atoms with Crippen LogP contribution in [0, 0.1) is 6.92 Å². The van der Waals surface area contributed by atoms with Gasteiger partial charge in [-0.1, -0.05) is 35.0 Å². The Hall–Kier alpha value is -1.85. The fraction of sp³-hybridized carbons (Fsp3) is 0.0909. The van der Waals surface area contributed by atoms with Crippen molar-refractivity contribution < 1.29 is 9.32 Å². The predicted octanol–water partition coefficient (Wildman–Crippen LogP) is 1.91. The Morgan fingerprint density at radius 1 is 1.47 bits per heavy atom. The van der Waals surface area contributed by atoms with E-state index in [2.05, 4.69) is 10.6 Å². The number of halogens is 1. The first kappa shape index (κ1) is 11.6. The Kier molecular flexibility index (Phi) is 3.12. The van der Waals surface area contributed by atoms with Crippen molar-refractivity contribution in [2.45, 2.75) is 6.92 Å². The normalized spacial score (nSPS) is 10.3. The van der Waals surface area contributed by atoms with Crippen LogP contribution in [0.3, 0.4) is 0 Å². The van der Waals surface area contributed by atoms with Crippen LogP contribution >= 0.6 is 11.6 Å². The highest BCUT2D eigenvalue weighted by molar-refractivity contribution is 6.33. The molecule has 88 valence electrons. The van der Waals surface area contributed by atoms with Crippen LogP contribution in [-0.4, -0.2) is 11.1 Å². The van der Waals surface area contributed by atoms with Gasteiger partial charge in [0.1, 0.15) is 17.0 Å². The minimum Gasteiger partial charge on any atom is -0.360 e. The molecule has 0 spiro atoms. The van der Waals surface area contributed by atoms with Gasteiger partial charge in [-0.25, -0.2) is 5.84 Å². The third-order valence-corrected chi connectivity index (χ3v) is 2.68. The number of hydrazine groups is 1. The highest BCUT2D eigenvalue weighted by Gasteiger charge is 2.21. The van der Waals surface area contributed by atoms with Crippen LogP contribution in [0.4, 0.5) is 0 Å². The maximum Gasteiger partial charge on any atom is 0.271 e. The molecule has 0 atom stereocenters. The number of carbonyl (C=O) groups is 1. The standard InChI is InChI=1S/C11H10ClN3O2/c1-6-9(11(16)14-13)10(15-17-6)7-4-2-3-5-8(7)12/h2-5H,13H2,1H3,(H,14,16). The number of nitrogen functional groups attached to an aromatic ring is 1. The molecular weight excluding hydrogens is 242 g/mol. The zero-order valence-electron chi connectivity index (χ0n) is 9.03. The predicted molar refractivity (Wildman–Crippen MR) is 63.3 cm³/mol. The molecule has 0 saturated carbocycles. The number of aromatic nitrogens is 1. The van der Waals surface area contributed by atoms with Gasteiger partial charge in [0, 0.05) is 5.56 Å². The molecule has 1 aromatic heterocycles. The smallest absolute Gasteiger partial charge is 0.271 e. The van der Waals surface area contributed by atoms with Gasteiger partial charge in [-0.2, -0.15) is 0 Å². The Morgan fingerprint density at radius 2 is 2.18 bits per heavy atom. The van der Waals surface area contributed by atoms with Crippen molar-refractivity contribution in [1.82, 2.24) is 10.6 Å². The van der Waals surface area contributed by atoms with Crippen molar-refractivity contribution in [3.05, 3.63) is 40.6 Å². The minimum atomic E-state index is -0.460. The molecule has 1 heterocycles. The summed E-state index contributed by atoms with van der Waals surface area (Å²) in [6.45, 7) is 1.64. The third kappa shape index (κ3) is 2.02. The number of carbonyl (C=O) groups excluding carboxylic acids is 1. The summed E-state index contributed by atoms with van der Waals surface area (Å²) in [6.07, 6.45) is 0. The van der Waals surface area contributed by atoms with Gasteiger partial charge < -0.3 is 4.52 Å². The van der Waals surface area contributed by atoms with E-state index < -0.39 is 5.91 Å². The third-order valence-electron chi connectivity index (χ3n) is 2.35. The van der Waals surface area contributed by atoms with Crippen LogP contribution in [0.1, 0.15) is 16.1 Å². The molecule has 6 heteroatoms. The molecule has 0 aliphatic carbocycles. The highest BCUT2D eigenvalue weighted by atomic mass is 35.5. The summed E-state index contributed by atoms with van der Waals surface area (Å²) in [5, 5.41) is 4.33. The van der Waals surface area contributed by atoms with Crippen molar-refractivity contribution in [3.63, 3.8) is 0 Å². The summed E-state index contributed by atoms with van der Waals surface area (Å²) >= 11 is 6.04. The number of nitrogens with one attached hydrogen (secondary N) is 1. The minimum absolute atomic E-state index is 0.292. The number of hydrogen-bond donors (Lipinski definition) is 2. The van der Waals surface area contributed by atoms with Gasteiger partial charge in [0.25, 0.3) is 5.91 Å². The second kappa shape index (κ2) is 4.57. The van der Waals surface area contributed by atoms with Gasteiger partial charge in [0.2, 0.25) is 0 Å². The molecule has 5 nitrogen and oxygen atoms in total. The fourth-order valence-corrected chi connectivity index (χ4v) is 1.77. The van der Waals surface area contributed by atoms with Crippen LogP contribution in [0.15, 0.2) is 28.8 Å². The molecule has 0 radical (unpaired) electrons. The second-order valence-electron chi connectivity index (χ2n) is 3.42. The summed E-state index contributed by atoms with van der Waals surface area (Å²) in [5.74, 6) is 5.05. The summed E-state index contributed by atoms with van der Waals surface area (Å²) in [7, 11) is 0.